The van der Waals surface area contributed by atoms with Gasteiger partial charge >= 0.3 is 5.69 Å². The summed E-state index contributed by atoms with van der Waals surface area (Å²) in [6, 6.07) is 3.96. The van der Waals surface area contributed by atoms with Crippen LogP contribution in [0.15, 0.2) is 27.1 Å². The molecule has 2 aromatic heterocycles. The maximum absolute atomic E-state index is 12.6. The van der Waals surface area contributed by atoms with Gasteiger partial charge in [0.2, 0.25) is 0 Å². The van der Waals surface area contributed by atoms with Crippen LogP contribution in [0.2, 0.25) is 0 Å². The summed E-state index contributed by atoms with van der Waals surface area (Å²) >= 11 is 1.62. The Balaban J connectivity index is 1.85. The van der Waals surface area contributed by atoms with Gasteiger partial charge < -0.3 is 5.73 Å². The summed E-state index contributed by atoms with van der Waals surface area (Å²) in [5.41, 5.74) is 4.64. The number of ketones is 1. The van der Waals surface area contributed by atoms with E-state index in [1.165, 1.54) is 4.57 Å². The number of carbonyl (C=O) groups is 1. The lowest BCUT2D eigenvalue weighted by atomic mass is 10.1. The summed E-state index contributed by atoms with van der Waals surface area (Å²) in [4.78, 5) is 42.0. The van der Waals surface area contributed by atoms with E-state index >= 15 is 0 Å². The van der Waals surface area contributed by atoms with Crippen LogP contribution in [-0.4, -0.2) is 33.3 Å². The lowest BCUT2D eigenvalue weighted by molar-refractivity contribution is 0.0928. The predicted molar refractivity (Wildman–Crippen MR) is 93.6 cm³/mol. The summed E-state index contributed by atoms with van der Waals surface area (Å²) in [7, 11) is 0. The molecule has 3 rings (SSSR count). The lowest BCUT2D eigenvalue weighted by Crippen LogP contribution is -2.38. The van der Waals surface area contributed by atoms with Crippen LogP contribution in [0.25, 0.3) is 0 Å². The number of hydrogen-bond acceptors (Lipinski definition) is 6. The number of H-pyrrole nitrogens is 1. The van der Waals surface area contributed by atoms with Gasteiger partial charge in [-0.05, 0) is 30.8 Å². The molecule has 2 heterocycles. The first-order valence-corrected chi connectivity index (χ1v) is 8.81. The fraction of sp³-hybridized carbons (Fsp3) is 0.438. The van der Waals surface area contributed by atoms with E-state index in [4.69, 9.17) is 5.73 Å². The highest BCUT2D eigenvalue weighted by Crippen LogP contribution is 2.35. The Kier molecular flexibility index (Phi) is 4.68. The third-order valence-corrected chi connectivity index (χ3v) is 5.01. The van der Waals surface area contributed by atoms with E-state index in [-0.39, 0.29) is 29.8 Å². The zero-order valence-electron chi connectivity index (χ0n) is 13.4. The fourth-order valence-corrected chi connectivity index (χ4v) is 3.46. The van der Waals surface area contributed by atoms with E-state index in [1.54, 1.807) is 11.3 Å². The zero-order chi connectivity index (χ0) is 17.3. The van der Waals surface area contributed by atoms with E-state index in [0.29, 0.717) is 13.1 Å². The molecule has 1 fully saturated rings. The van der Waals surface area contributed by atoms with Gasteiger partial charge in [-0.1, -0.05) is 13.0 Å². The summed E-state index contributed by atoms with van der Waals surface area (Å²) in [5.74, 6) is -0.370. The Labute approximate surface area is 142 Å². The molecule has 7 nitrogen and oxygen atoms in total. The Bertz CT molecular complexity index is 849. The van der Waals surface area contributed by atoms with Crippen LogP contribution in [0.1, 0.15) is 41.0 Å². The average Bonchev–Trinajstić information content (AvgIpc) is 3.21. The van der Waals surface area contributed by atoms with E-state index < -0.39 is 11.2 Å². The van der Waals surface area contributed by atoms with Crippen LogP contribution in [0.4, 0.5) is 5.82 Å². The van der Waals surface area contributed by atoms with Crippen LogP contribution in [0.5, 0.6) is 0 Å². The van der Waals surface area contributed by atoms with E-state index in [2.05, 4.69) is 4.98 Å². The minimum absolute atomic E-state index is 0.00528. The molecule has 128 valence electrons. The monoisotopic (exact) mass is 348 g/mol. The molecule has 1 aliphatic rings. The van der Waals surface area contributed by atoms with Crippen molar-refractivity contribution in [2.24, 2.45) is 0 Å². The number of aromatic nitrogens is 2. The molecule has 8 heteroatoms. The molecule has 0 atom stereocenters. The van der Waals surface area contributed by atoms with Crippen molar-refractivity contribution in [3.8, 4) is 0 Å². The minimum atomic E-state index is -0.702. The first kappa shape index (κ1) is 16.7. The topological polar surface area (TPSA) is 101 Å². The van der Waals surface area contributed by atoms with Crippen LogP contribution in [0.3, 0.4) is 0 Å². The van der Waals surface area contributed by atoms with Crippen molar-refractivity contribution < 1.29 is 4.79 Å². The quantitative estimate of drug-likeness (QED) is 0.733. The van der Waals surface area contributed by atoms with Gasteiger partial charge in [0.1, 0.15) is 11.4 Å². The zero-order valence-corrected chi connectivity index (χ0v) is 14.3. The second-order valence-electron chi connectivity index (χ2n) is 5.93. The number of nitrogens with one attached hydrogen (secondary N) is 1. The Hall–Kier alpha value is -2.19. The van der Waals surface area contributed by atoms with Crippen molar-refractivity contribution in [3.05, 3.63) is 48.8 Å². The van der Waals surface area contributed by atoms with Crippen molar-refractivity contribution in [2.45, 2.75) is 32.4 Å². The molecule has 0 spiro atoms. The number of hydrogen-bond donors (Lipinski definition) is 2. The first-order valence-electron chi connectivity index (χ1n) is 7.93. The fourth-order valence-electron chi connectivity index (χ4n) is 2.72. The summed E-state index contributed by atoms with van der Waals surface area (Å²) in [6.07, 6.45) is 1.67. The standard InChI is InChI=1S/C16H20N4O3S/c1-2-19(8-11-4-3-7-24-11)9-12(21)13-14(17)20(10-5-6-10)16(23)18-15(13)22/h3-4,7,10H,2,5-6,8-9,17H2,1H3,(H,18,22,23). The molecule has 1 saturated carbocycles. The second kappa shape index (κ2) is 6.74. The van der Waals surface area contributed by atoms with Crippen LogP contribution in [0, 0.1) is 0 Å². The Morgan fingerprint density at radius 3 is 2.79 bits per heavy atom. The van der Waals surface area contributed by atoms with Crippen LogP contribution >= 0.6 is 11.3 Å². The molecule has 2 aromatic rings. The van der Waals surface area contributed by atoms with Crippen molar-refractivity contribution in [2.75, 3.05) is 18.8 Å². The molecule has 0 aliphatic heterocycles. The highest BCUT2D eigenvalue weighted by molar-refractivity contribution is 7.09. The third kappa shape index (κ3) is 3.34. The van der Waals surface area contributed by atoms with Crippen molar-refractivity contribution in [1.82, 2.24) is 14.5 Å². The van der Waals surface area contributed by atoms with E-state index in [0.717, 1.165) is 17.7 Å². The van der Waals surface area contributed by atoms with Gasteiger partial charge in [0.05, 0.1) is 6.54 Å². The van der Waals surface area contributed by atoms with Crippen LogP contribution < -0.4 is 17.0 Å². The average molecular weight is 348 g/mol. The minimum Gasteiger partial charge on any atom is -0.384 e. The van der Waals surface area contributed by atoms with Gasteiger partial charge in [0, 0.05) is 17.5 Å². The normalized spacial score (nSPS) is 14.2. The number of carbonyl (C=O) groups excluding carboxylic acids is 1. The SMILES string of the molecule is CCN(CC(=O)c1c(N)n(C2CC2)c(=O)[nH]c1=O)Cc1cccs1. The van der Waals surface area contributed by atoms with Crippen LogP contribution in [-0.2, 0) is 6.54 Å². The summed E-state index contributed by atoms with van der Waals surface area (Å²) in [6.45, 7) is 3.35. The van der Waals surface area contributed by atoms with Crippen molar-refractivity contribution in [1.29, 1.82) is 0 Å². The predicted octanol–water partition coefficient (Wildman–Crippen LogP) is 1.22. The number of thiophene rings is 1. The van der Waals surface area contributed by atoms with Gasteiger partial charge in [-0.3, -0.25) is 24.0 Å². The maximum Gasteiger partial charge on any atom is 0.330 e. The molecule has 1 aliphatic carbocycles. The number of nitrogens with zero attached hydrogens (tertiary/aromatic N) is 2. The van der Waals surface area contributed by atoms with Gasteiger partial charge in [0.25, 0.3) is 5.56 Å². The van der Waals surface area contributed by atoms with E-state index in [9.17, 15) is 14.4 Å². The van der Waals surface area contributed by atoms with E-state index in [1.807, 2.05) is 29.3 Å². The highest BCUT2D eigenvalue weighted by atomic mass is 32.1. The molecule has 0 radical (unpaired) electrons. The largest absolute Gasteiger partial charge is 0.384 e. The number of Topliss-reactive ketones (excluding diaryl/α,β-unsaturated/α-hetero) is 1. The molecular weight excluding hydrogens is 328 g/mol. The third-order valence-electron chi connectivity index (χ3n) is 4.15. The molecule has 0 amide bonds. The molecular formula is C16H20N4O3S. The number of aromatic amines is 1. The number of nitrogens with two attached hydrogens (primary N) is 1. The van der Waals surface area contributed by atoms with Gasteiger partial charge in [-0.15, -0.1) is 11.3 Å². The molecule has 0 saturated heterocycles. The van der Waals surface area contributed by atoms with Gasteiger partial charge in [-0.25, -0.2) is 4.79 Å². The van der Waals surface area contributed by atoms with Gasteiger partial charge in [-0.2, -0.15) is 0 Å². The molecule has 3 N–H and O–H groups in total. The Morgan fingerprint density at radius 1 is 1.46 bits per heavy atom. The van der Waals surface area contributed by atoms with Gasteiger partial charge in [0.15, 0.2) is 5.78 Å². The number of anilines is 1. The number of nitrogen functional groups attached to an aromatic ring is 1. The number of rotatable bonds is 7. The molecule has 0 unspecified atom stereocenters. The highest BCUT2D eigenvalue weighted by Gasteiger charge is 2.30. The molecule has 0 aromatic carbocycles. The maximum atomic E-state index is 12.6. The molecule has 0 bridgehead atoms. The smallest absolute Gasteiger partial charge is 0.330 e. The number of likely N-dealkylation sites (N-methyl/N-ethyl adjacent to an activating group) is 1. The van der Waals surface area contributed by atoms with Crippen molar-refractivity contribution >= 4 is 22.9 Å². The second-order valence-corrected chi connectivity index (χ2v) is 6.96. The Morgan fingerprint density at radius 2 is 2.21 bits per heavy atom. The lowest BCUT2D eigenvalue weighted by Gasteiger charge is -2.19. The first-order chi connectivity index (χ1) is 11.5. The summed E-state index contributed by atoms with van der Waals surface area (Å²) < 4.78 is 1.34. The summed E-state index contributed by atoms with van der Waals surface area (Å²) in [5, 5.41) is 1.99. The van der Waals surface area contributed by atoms with Crippen molar-refractivity contribution in [3.63, 3.8) is 0 Å². The molecule has 24 heavy (non-hydrogen) atoms.